The van der Waals surface area contributed by atoms with Gasteiger partial charge in [-0.25, -0.2) is 13.1 Å². The first-order chi connectivity index (χ1) is 9.83. The second-order valence-corrected chi connectivity index (χ2v) is 7.27. The Hall–Kier alpha value is -0.780. The van der Waals surface area contributed by atoms with E-state index in [9.17, 15) is 8.42 Å². The van der Waals surface area contributed by atoms with Crippen LogP contribution in [0.25, 0.3) is 0 Å². The van der Waals surface area contributed by atoms with E-state index in [2.05, 4.69) is 4.72 Å². The maximum Gasteiger partial charge on any atom is 0.242 e. The van der Waals surface area contributed by atoms with Crippen molar-refractivity contribution < 1.29 is 8.42 Å². The van der Waals surface area contributed by atoms with Crippen LogP contribution in [-0.4, -0.2) is 8.42 Å². The van der Waals surface area contributed by atoms with E-state index < -0.39 is 16.1 Å². The zero-order valence-corrected chi connectivity index (χ0v) is 14.1. The summed E-state index contributed by atoms with van der Waals surface area (Å²) >= 11 is 17.7. The van der Waals surface area contributed by atoms with Gasteiger partial charge in [-0.15, -0.1) is 0 Å². The van der Waals surface area contributed by atoms with Crippen molar-refractivity contribution in [3.05, 3.63) is 63.1 Å². The standard InChI is InChI=1S/C14H12Cl3NO2S/c1-9(10-5-3-2-4-6-10)18-21(19,20)12-8-7-11(15)13(16)14(12)17/h2-9,18H,1H3/t9-/m0/s1. The van der Waals surface area contributed by atoms with Crippen molar-refractivity contribution in [1.29, 1.82) is 0 Å². The Morgan fingerprint density at radius 1 is 0.952 bits per heavy atom. The number of halogens is 3. The molecule has 2 aromatic carbocycles. The van der Waals surface area contributed by atoms with Crippen molar-refractivity contribution in [3.63, 3.8) is 0 Å². The molecule has 0 radical (unpaired) electrons. The van der Waals surface area contributed by atoms with Gasteiger partial charge in [0.2, 0.25) is 10.0 Å². The molecule has 0 bridgehead atoms. The first kappa shape index (κ1) is 16.6. The van der Waals surface area contributed by atoms with Crippen LogP contribution in [0.15, 0.2) is 47.4 Å². The van der Waals surface area contributed by atoms with Gasteiger partial charge in [-0.2, -0.15) is 0 Å². The smallest absolute Gasteiger partial charge is 0.207 e. The number of benzene rings is 2. The normalized spacial score (nSPS) is 13.1. The molecule has 0 saturated heterocycles. The highest BCUT2D eigenvalue weighted by molar-refractivity contribution is 7.89. The zero-order valence-electron chi connectivity index (χ0n) is 11.0. The molecule has 1 atom stereocenters. The molecule has 0 aliphatic carbocycles. The average molecular weight is 365 g/mol. The summed E-state index contributed by atoms with van der Waals surface area (Å²) in [5.74, 6) is 0. The van der Waals surface area contributed by atoms with Gasteiger partial charge in [-0.1, -0.05) is 65.1 Å². The van der Waals surface area contributed by atoms with E-state index in [0.717, 1.165) is 5.56 Å². The van der Waals surface area contributed by atoms with Crippen LogP contribution >= 0.6 is 34.8 Å². The number of hydrogen-bond donors (Lipinski definition) is 1. The number of rotatable bonds is 4. The fourth-order valence-corrected chi connectivity index (χ4v) is 4.03. The lowest BCUT2D eigenvalue weighted by Crippen LogP contribution is -2.27. The van der Waals surface area contributed by atoms with Crippen molar-refractivity contribution in [2.24, 2.45) is 0 Å². The third-order valence-electron chi connectivity index (χ3n) is 2.92. The van der Waals surface area contributed by atoms with E-state index in [1.807, 2.05) is 30.3 Å². The molecule has 0 aliphatic heterocycles. The van der Waals surface area contributed by atoms with Gasteiger partial charge in [0.25, 0.3) is 0 Å². The molecule has 2 aromatic rings. The Labute approximate surface area is 138 Å². The molecule has 0 saturated carbocycles. The van der Waals surface area contributed by atoms with Crippen LogP contribution in [0.3, 0.4) is 0 Å². The lowest BCUT2D eigenvalue weighted by molar-refractivity contribution is 0.567. The van der Waals surface area contributed by atoms with Crippen LogP contribution in [0, 0.1) is 0 Å². The molecule has 21 heavy (non-hydrogen) atoms. The summed E-state index contributed by atoms with van der Waals surface area (Å²) < 4.78 is 27.4. The summed E-state index contributed by atoms with van der Waals surface area (Å²) in [6.45, 7) is 1.75. The Morgan fingerprint density at radius 2 is 1.57 bits per heavy atom. The van der Waals surface area contributed by atoms with Crippen molar-refractivity contribution in [2.75, 3.05) is 0 Å². The summed E-state index contributed by atoms with van der Waals surface area (Å²) in [7, 11) is -3.80. The van der Waals surface area contributed by atoms with E-state index >= 15 is 0 Å². The highest BCUT2D eigenvalue weighted by Crippen LogP contribution is 2.35. The molecule has 0 aliphatic rings. The third kappa shape index (κ3) is 3.71. The van der Waals surface area contributed by atoms with Crippen molar-refractivity contribution in [3.8, 4) is 0 Å². The van der Waals surface area contributed by atoms with E-state index in [1.54, 1.807) is 6.92 Å². The SMILES string of the molecule is C[C@H](NS(=O)(=O)c1ccc(Cl)c(Cl)c1Cl)c1ccccc1. The summed E-state index contributed by atoms with van der Waals surface area (Å²) in [5.41, 5.74) is 0.845. The molecule has 0 unspecified atom stereocenters. The van der Waals surface area contributed by atoms with Crippen LogP contribution in [0.4, 0.5) is 0 Å². The molecular formula is C14H12Cl3NO2S. The fraction of sp³-hybridized carbons (Fsp3) is 0.143. The minimum absolute atomic E-state index is 0.0218. The Balaban J connectivity index is 2.33. The molecule has 0 aromatic heterocycles. The number of hydrogen-bond acceptors (Lipinski definition) is 2. The fourth-order valence-electron chi connectivity index (χ4n) is 1.82. The predicted octanol–water partition coefficient (Wildman–Crippen LogP) is 4.69. The monoisotopic (exact) mass is 363 g/mol. The van der Waals surface area contributed by atoms with Gasteiger partial charge in [0.05, 0.1) is 15.1 Å². The van der Waals surface area contributed by atoms with Crippen LogP contribution in [0.1, 0.15) is 18.5 Å². The molecule has 7 heteroatoms. The van der Waals surface area contributed by atoms with Crippen molar-refractivity contribution in [2.45, 2.75) is 17.9 Å². The second kappa shape index (κ2) is 6.55. The number of sulfonamides is 1. The summed E-state index contributed by atoms with van der Waals surface area (Å²) in [5, 5.41) is 0.141. The highest BCUT2D eigenvalue weighted by atomic mass is 35.5. The van der Waals surface area contributed by atoms with Crippen LogP contribution in [-0.2, 0) is 10.0 Å². The number of nitrogens with one attached hydrogen (secondary N) is 1. The van der Waals surface area contributed by atoms with Crippen LogP contribution < -0.4 is 4.72 Å². The van der Waals surface area contributed by atoms with E-state index in [-0.39, 0.29) is 20.0 Å². The lowest BCUT2D eigenvalue weighted by Gasteiger charge is -2.16. The Bertz CT molecular complexity index is 748. The minimum Gasteiger partial charge on any atom is -0.207 e. The summed E-state index contributed by atoms with van der Waals surface area (Å²) in [4.78, 5) is -0.0960. The average Bonchev–Trinajstić information content (AvgIpc) is 2.45. The van der Waals surface area contributed by atoms with Crippen molar-refractivity contribution >= 4 is 44.8 Å². The van der Waals surface area contributed by atoms with Gasteiger partial charge < -0.3 is 0 Å². The summed E-state index contributed by atoms with van der Waals surface area (Å²) in [6.07, 6.45) is 0. The topological polar surface area (TPSA) is 46.2 Å². The minimum atomic E-state index is -3.80. The molecule has 0 fully saturated rings. The predicted molar refractivity (Wildman–Crippen MR) is 86.7 cm³/mol. The summed E-state index contributed by atoms with van der Waals surface area (Å²) in [6, 6.07) is 11.5. The van der Waals surface area contributed by atoms with Gasteiger partial charge in [0, 0.05) is 6.04 Å². The quantitative estimate of drug-likeness (QED) is 0.800. The van der Waals surface area contributed by atoms with E-state index in [0.29, 0.717) is 0 Å². The highest BCUT2D eigenvalue weighted by Gasteiger charge is 2.23. The molecular weight excluding hydrogens is 353 g/mol. The lowest BCUT2D eigenvalue weighted by atomic mass is 10.1. The van der Waals surface area contributed by atoms with Gasteiger partial charge in [0.1, 0.15) is 4.90 Å². The van der Waals surface area contributed by atoms with Gasteiger partial charge in [-0.3, -0.25) is 0 Å². The van der Waals surface area contributed by atoms with Crippen molar-refractivity contribution in [1.82, 2.24) is 4.72 Å². The van der Waals surface area contributed by atoms with Gasteiger partial charge in [0.15, 0.2) is 0 Å². The molecule has 0 heterocycles. The molecule has 112 valence electrons. The Morgan fingerprint density at radius 3 is 2.19 bits per heavy atom. The molecule has 2 rings (SSSR count). The second-order valence-electron chi connectivity index (χ2n) is 4.43. The van der Waals surface area contributed by atoms with E-state index in [1.165, 1.54) is 12.1 Å². The van der Waals surface area contributed by atoms with Gasteiger partial charge in [-0.05, 0) is 24.6 Å². The maximum atomic E-state index is 12.4. The molecule has 1 N–H and O–H groups in total. The van der Waals surface area contributed by atoms with Crippen LogP contribution in [0.5, 0.6) is 0 Å². The third-order valence-corrected chi connectivity index (χ3v) is 5.91. The first-order valence-corrected chi connectivity index (χ1v) is 8.65. The molecule has 3 nitrogen and oxygen atoms in total. The van der Waals surface area contributed by atoms with Crippen LogP contribution in [0.2, 0.25) is 15.1 Å². The van der Waals surface area contributed by atoms with E-state index in [4.69, 9.17) is 34.8 Å². The molecule has 0 spiro atoms. The molecule has 0 amide bonds. The van der Waals surface area contributed by atoms with Gasteiger partial charge >= 0.3 is 0 Å². The maximum absolute atomic E-state index is 12.4. The largest absolute Gasteiger partial charge is 0.242 e. The first-order valence-electron chi connectivity index (χ1n) is 6.03. The zero-order chi connectivity index (χ0) is 15.6. The Kier molecular flexibility index (Phi) is 5.17.